The molecule has 0 aliphatic rings. The largest absolute Gasteiger partial charge is 0.376 e. The van der Waals surface area contributed by atoms with Crippen LogP contribution in [0.2, 0.25) is 0 Å². The molecule has 1 aromatic heterocycles. The Bertz CT molecular complexity index is 334. The number of aryl methyl sites for hydroxylation is 1. The first kappa shape index (κ1) is 11.4. The van der Waals surface area contributed by atoms with E-state index in [4.69, 9.17) is 0 Å². The van der Waals surface area contributed by atoms with Gasteiger partial charge < -0.3 is 5.11 Å². The third-order valence-corrected chi connectivity index (χ3v) is 2.52. The van der Waals surface area contributed by atoms with Crippen molar-refractivity contribution in [2.75, 3.05) is 0 Å². The van der Waals surface area contributed by atoms with Crippen molar-refractivity contribution in [3.05, 3.63) is 16.4 Å². The van der Waals surface area contributed by atoms with Gasteiger partial charge in [0.1, 0.15) is 0 Å². The van der Waals surface area contributed by atoms with Crippen molar-refractivity contribution in [3.63, 3.8) is 0 Å². The number of halogens is 1. The Balaban J connectivity index is 3.16. The summed E-state index contributed by atoms with van der Waals surface area (Å²) in [6, 6.07) is 0. The molecular formula is C9H13BrN2O2. The molecule has 0 saturated heterocycles. The fourth-order valence-corrected chi connectivity index (χ4v) is 2.00. The number of aliphatic hydroxyl groups is 1. The van der Waals surface area contributed by atoms with Crippen molar-refractivity contribution in [3.8, 4) is 0 Å². The van der Waals surface area contributed by atoms with Crippen LogP contribution in [0.25, 0.3) is 0 Å². The van der Waals surface area contributed by atoms with Crippen molar-refractivity contribution >= 4 is 22.2 Å². The molecule has 14 heavy (non-hydrogen) atoms. The number of rotatable bonds is 4. The Morgan fingerprint density at radius 1 is 1.79 bits per heavy atom. The molecule has 0 aliphatic carbocycles. The van der Waals surface area contributed by atoms with Gasteiger partial charge in [0.2, 0.25) is 0 Å². The molecule has 1 aromatic rings. The number of aromatic nitrogens is 2. The minimum absolute atomic E-state index is 0.509. The van der Waals surface area contributed by atoms with E-state index in [2.05, 4.69) is 21.0 Å². The second-order valence-electron chi connectivity index (χ2n) is 3.33. The van der Waals surface area contributed by atoms with Gasteiger partial charge in [0.05, 0.1) is 16.4 Å². The lowest BCUT2D eigenvalue weighted by Crippen LogP contribution is -2.27. The Morgan fingerprint density at radius 3 is 2.93 bits per heavy atom. The summed E-state index contributed by atoms with van der Waals surface area (Å²) >= 11 is 3.26. The lowest BCUT2D eigenvalue weighted by Gasteiger charge is -2.18. The molecule has 1 N–H and O–H groups in total. The summed E-state index contributed by atoms with van der Waals surface area (Å²) < 4.78 is 2.29. The van der Waals surface area contributed by atoms with E-state index in [-0.39, 0.29) is 0 Å². The van der Waals surface area contributed by atoms with E-state index in [1.54, 1.807) is 10.9 Å². The number of carbonyl (C=O) groups is 1. The molecule has 0 radical (unpaired) electrons. The van der Waals surface area contributed by atoms with Gasteiger partial charge in [-0.1, -0.05) is 6.92 Å². The molecule has 0 aliphatic heterocycles. The Hall–Kier alpha value is -0.680. The molecule has 78 valence electrons. The highest BCUT2D eigenvalue weighted by molar-refractivity contribution is 9.10. The van der Waals surface area contributed by atoms with Crippen LogP contribution in [-0.4, -0.2) is 21.2 Å². The summed E-state index contributed by atoms with van der Waals surface area (Å²) in [5.74, 6) is 0. The zero-order valence-electron chi connectivity index (χ0n) is 8.20. The van der Waals surface area contributed by atoms with Gasteiger partial charge >= 0.3 is 0 Å². The SMILES string of the molecule is CCCn1ncc(Br)c1C(C)(O)C=O. The van der Waals surface area contributed by atoms with Crippen LogP contribution < -0.4 is 0 Å². The van der Waals surface area contributed by atoms with Crippen LogP contribution in [0.1, 0.15) is 26.0 Å². The van der Waals surface area contributed by atoms with Gasteiger partial charge in [-0.25, -0.2) is 0 Å². The zero-order valence-corrected chi connectivity index (χ0v) is 9.78. The van der Waals surface area contributed by atoms with E-state index in [1.807, 2.05) is 6.92 Å². The topological polar surface area (TPSA) is 55.1 Å². The fourth-order valence-electron chi connectivity index (χ4n) is 1.30. The predicted molar refractivity (Wildman–Crippen MR) is 55.9 cm³/mol. The van der Waals surface area contributed by atoms with E-state index >= 15 is 0 Å². The molecule has 4 nitrogen and oxygen atoms in total. The quantitative estimate of drug-likeness (QED) is 0.835. The molecule has 0 saturated carbocycles. The second kappa shape index (κ2) is 4.23. The van der Waals surface area contributed by atoms with Gasteiger partial charge in [-0.05, 0) is 29.3 Å². The third-order valence-electron chi connectivity index (χ3n) is 1.94. The summed E-state index contributed by atoms with van der Waals surface area (Å²) in [4.78, 5) is 10.7. The molecule has 1 rings (SSSR count). The smallest absolute Gasteiger partial charge is 0.159 e. The van der Waals surface area contributed by atoms with Crippen LogP contribution in [0.4, 0.5) is 0 Å². The van der Waals surface area contributed by atoms with Crippen molar-refractivity contribution in [2.45, 2.75) is 32.4 Å². The van der Waals surface area contributed by atoms with Crippen molar-refractivity contribution in [1.82, 2.24) is 9.78 Å². The number of nitrogens with zero attached hydrogens (tertiary/aromatic N) is 2. The van der Waals surface area contributed by atoms with Crippen molar-refractivity contribution in [1.29, 1.82) is 0 Å². The van der Waals surface area contributed by atoms with Crippen LogP contribution in [0.5, 0.6) is 0 Å². The zero-order chi connectivity index (χ0) is 10.8. The maximum atomic E-state index is 10.7. The van der Waals surface area contributed by atoms with Gasteiger partial charge in [0.25, 0.3) is 0 Å². The maximum Gasteiger partial charge on any atom is 0.159 e. The number of hydrogen-bond acceptors (Lipinski definition) is 3. The molecule has 0 fully saturated rings. The predicted octanol–water partition coefficient (Wildman–Crippen LogP) is 1.46. The summed E-state index contributed by atoms with van der Waals surface area (Å²) in [7, 11) is 0. The van der Waals surface area contributed by atoms with Gasteiger partial charge in [-0.2, -0.15) is 5.10 Å². The lowest BCUT2D eigenvalue weighted by atomic mass is 10.1. The fraction of sp³-hybridized carbons (Fsp3) is 0.556. The molecule has 1 unspecified atom stereocenters. The molecule has 0 spiro atoms. The second-order valence-corrected chi connectivity index (χ2v) is 4.18. The Labute approximate surface area is 91.1 Å². The summed E-state index contributed by atoms with van der Waals surface area (Å²) in [6.45, 7) is 4.15. The highest BCUT2D eigenvalue weighted by Crippen LogP contribution is 2.26. The summed E-state index contributed by atoms with van der Waals surface area (Å²) in [5, 5.41) is 13.9. The average Bonchev–Trinajstić information content (AvgIpc) is 2.48. The average molecular weight is 261 g/mol. The number of hydrogen-bond donors (Lipinski definition) is 1. The van der Waals surface area contributed by atoms with Crippen molar-refractivity contribution < 1.29 is 9.90 Å². The first-order chi connectivity index (χ1) is 6.53. The van der Waals surface area contributed by atoms with Gasteiger partial charge in [0.15, 0.2) is 11.9 Å². The minimum atomic E-state index is -1.48. The number of carbonyl (C=O) groups excluding carboxylic acids is 1. The standard InChI is InChI=1S/C9H13BrN2O2/c1-3-4-12-8(7(10)5-11-12)9(2,14)6-13/h5-6,14H,3-4H2,1-2H3. The van der Waals surface area contributed by atoms with E-state index in [0.717, 1.165) is 6.42 Å². The van der Waals surface area contributed by atoms with Gasteiger partial charge in [-0.3, -0.25) is 9.48 Å². The third kappa shape index (κ3) is 2.04. The summed E-state index contributed by atoms with van der Waals surface area (Å²) in [6.07, 6.45) is 3.00. The van der Waals surface area contributed by atoms with Crippen LogP contribution in [-0.2, 0) is 16.9 Å². The van der Waals surface area contributed by atoms with Gasteiger partial charge in [0, 0.05) is 6.54 Å². The minimum Gasteiger partial charge on any atom is -0.376 e. The van der Waals surface area contributed by atoms with Crippen molar-refractivity contribution in [2.24, 2.45) is 0 Å². The molecule has 0 bridgehead atoms. The van der Waals surface area contributed by atoms with E-state index in [0.29, 0.717) is 23.0 Å². The molecule has 5 heteroatoms. The molecule has 0 amide bonds. The van der Waals surface area contributed by atoms with Crippen LogP contribution >= 0.6 is 15.9 Å². The monoisotopic (exact) mass is 260 g/mol. The van der Waals surface area contributed by atoms with E-state index < -0.39 is 5.60 Å². The van der Waals surface area contributed by atoms with Crippen LogP contribution in [0.3, 0.4) is 0 Å². The molecular weight excluding hydrogens is 248 g/mol. The summed E-state index contributed by atoms with van der Waals surface area (Å²) in [5.41, 5.74) is -0.973. The van der Waals surface area contributed by atoms with Crippen LogP contribution in [0, 0.1) is 0 Å². The highest BCUT2D eigenvalue weighted by Gasteiger charge is 2.29. The first-order valence-electron chi connectivity index (χ1n) is 4.43. The Kier molecular flexibility index (Phi) is 3.44. The number of aldehydes is 1. The molecule has 1 heterocycles. The molecule has 0 aromatic carbocycles. The van der Waals surface area contributed by atoms with Gasteiger partial charge in [-0.15, -0.1) is 0 Å². The Morgan fingerprint density at radius 2 is 2.43 bits per heavy atom. The first-order valence-corrected chi connectivity index (χ1v) is 5.22. The highest BCUT2D eigenvalue weighted by atomic mass is 79.9. The van der Waals surface area contributed by atoms with E-state index in [9.17, 15) is 9.90 Å². The molecule has 1 atom stereocenters. The van der Waals surface area contributed by atoms with Crippen LogP contribution in [0.15, 0.2) is 10.7 Å². The van der Waals surface area contributed by atoms with E-state index in [1.165, 1.54) is 6.92 Å². The maximum absolute atomic E-state index is 10.7. The lowest BCUT2D eigenvalue weighted by molar-refractivity contribution is -0.123. The normalized spacial score (nSPS) is 15.1.